The highest BCUT2D eigenvalue weighted by Gasteiger charge is 2.25. The van der Waals surface area contributed by atoms with Crippen molar-refractivity contribution in [1.82, 2.24) is 10.6 Å². The van der Waals surface area contributed by atoms with E-state index in [0.29, 0.717) is 34.9 Å². The zero-order chi connectivity index (χ0) is 77.9. The molecule has 6 aromatic carbocycles. The Morgan fingerprint density at radius 3 is 0.980 bits per heavy atom. The van der Waals surface area contributed by atoms with Crippen molar-refractivity contribution < 1.29 is 59.3 Å². The van der Waals surface area contributed by atoms with Gasteiger partial charge in [0.2, 0.25) is 11.8 Å². The van der Waals surface area contributed by atoms with Gasteiger partial charge in [0.05, 0.1) is 54.7 Å². The largest absolute Gasteiger partial charge is 0.478 e. The van der Waals surface area contributed by atoms with E-state index in [1.165, 1.54) is 11.1 Å². The predicted molar refractivity (Wildman–Crippen MR) is 416 cm³/mol. The second-order valence-electron chi connectivity index (χ2n) is 21.4. The molecule has 2 heterocycles. The fraction of sp³-hybridized carbons (Fsp3) is 0.481. The summed E-state index contributed by atoms with van der Waals surface area (Å²) < 4.78 is 11.2. The fourth-order valence-corrected chi connectivity index (χ4v) is 7.01. The fourth-order valence-electron chi connectivity index (χ4n) is 7.01. The van der Waals surface area contributed by atoms with Gasteiger partial charge >= 0.3 is 11.9 Å². The average molecular weight is 1380 g/mol. The minimum atomic E-state index is -0.863. The number of benzene rings is 6. The van der Waals surface area contributed by atoms with Crippen molar-refractivity contribution in [2.45, 2.75) is 242 Å². The lowest BCUT2D eigenvalue weighted by Crippen LogP contribution is -2.39. The van der Waals surface area contributed by atoms with E-state index < -0.39 is 18.0 Å². The first-order valence-corrected chi connectivity index (χ1v) is 34.9. The number of nitrogens with zero attached hydrogens (tertiary/aromatic N) is 2. The number of nitrogens with two attached hydrogens (primary N) is 2. The molecule has 8 rings (SSSR count). The molecule has 6 aromatic rings. The Balaban J connectivity index is -0.000000248. The SMILES string of the molecule is CC.CC.CC.CC.CC.CC.CC(N)C(C)O.CC(N)CO.Cc1ccccc1C(=O)NC(C)C(C)O.Cc1ccccc1C(=O)NC(C)CO.Cc1ccccc1C(=O)O.Cc1ccccc1C(=O)O.Cc1ccccc1C1=NC(C)C(C)O1.Cc1ccccc1C1=NC(C)CO1. The maximum atomic E-state index is 11.8. The van der Waals surface area contributed by atoms with Crippen molar-refractivity contribution in [3.63, 3.8) is 0 Å². The standard InChI is InChI=1S/C12H17NO2.C12H15NO.C11H15NO2.C11H13NO.2C8H8O2.C4H11NO.C3H9NO.6C2H6/c1-8-6-4-5-7-11(8)12(15)13-9(2)10(3)14;1-8-6-4-5-7-11(8)12-13-9(2)10(3)14-12;1-8-5-3-4-6-10(8)11(14)12-9(2)7-13;1-8-5-3-4-6-10(8)11-12-9(2)7-13-11;2*1-6-4-2-3-5-7(6)8(9)10;1-3(5)4(2)6;1-3(4)2-5;6*1-2/h4-7,9-10,14H,1-3H3,(H,13,15);4-7,9-10H,1-3H3;3-6,9,13H,7H2,1-2H3,(H,12,14);3-6,9H,7H2,1-2H3;2*2-5H,1H3,(H,9,10);3-4,6H,5H2,1-2H3;3,5H,2,4H2,1H3;6*1-2H3. The molecule has 0 fully saturated rings. The molecule has 0 saturated heterocycles. The highest BCUT2D eigenvalue weighted by Crippen LogP contribution is 2.20. The van der Waals surface area contributed by atoms with E-state index >= 15 is 0 Å². The third kappa shape index (κ3) is 46.0. The van der Waals surface area contributed by atoms with Crippen molar-refractivity contribution in [2.24, 2.45) is 21.5 Å². The average Bonchev–Trinajstić information content (AvgIpc) is 1.73. The van der Waals surface area contributed by atoms with Crippen LogP contribution in [0.3, 0.4) is 0 Å². The van der Waals surface area contributed by atoms with Crippen molar-refractivity contribution in [1.29, 1.82) is 0 Å². The molecular weight excluding hydrogens is 1250 g/mol. The zero-order valence-corrected chi connectivity index (χ0v) is 65.4. The van der Waals surface area contributed by atoms with E-state index in [1.54, 1.807) is 104 Å². The number of hydrogen-bond donors (Lipinski definition) is 10. The van der Waals surface area contributed by atoms with Gasteiger partial charge in [-0.1, -0.05) is 192 Å². The highest BCUT2D eigenvalue weighted by molar-refractivity contribution is 5.98. The van der Waals surface area contributed by atoms with Crippen molar-refractivity contribution in [2.75, 3.05) is 19.8 Å². The number of aromatic carboxylic acids is 2. The van der Waals surface area contributed by atoms with Gasteiger partial charge in [-0.2, -0.15) is 0 Å². The Kier molecular flexibility index (Phi) is 65.2. The van der Waals surface area contributed by atoms with Crippen LogP contribution in [0.15, 0.2) is 156 Å². The summed E-state index contributed by atoms with van der Waals surface area (Å²) >= 11 is 0. The number of carbonyl (C=O) groups excluding carboxylic acids is 2. The van der Waals surface area contributed by atoms with Gasteiger partial charge in [-0.15, -0.1) is 0 Å². The molecule has 0 aliphatic carbocycles. The molecule has 0 spiro atoms. The first kappa shape index (κ1) is 102. The molecule has 2 aliphatic rings. The van der Waals surface area contributed by atoms with Crippen LogP contribution in [0.25, 0.3) is 0 Å². The van der Waals surface area contributed by atoms with E-state index in [-0.39, 0.29) is 67.4 Å². The number of carboxylic acid groups (broad SMARTS) is 2. The first-order chi connectivity index (χ1) is 47.0. The van der Waals surface area contributed by atoms with E-state index in [4.69, 9.17) is 46.5 Å². The van der Waals surface area contributed by atoms with Crippen LogP contribution in [0.2, 0.25) is 0 Å². The second kappa shape index (κ2) is 63.4. The minimum absolute atomic E-state index is 0.0440. The van der Waals surface area contributed by atoms with Gasteiger partial charge in [0.15, 0.2) is 0 Å². The van der Waals surface area contributed by atoms with Gasteiger partial charge < -0.3 is 62.2 Å². The lowest BCUT2D eigenvalue weighted by Gasteiger charge is -2.17. The van der Waals surface area contributed by atoms with Crippen LogP contribution >= 0.6 is 0 Å². The molecule has 9 atom stereocenters. The lowest BCUT2D eigenvalue weighted by atomic mass is 10.1. The summed E-state index contributed by atoms with van der Waals surface area (Å²) in [5.74, 6) is -0.406. The molecule has 2 amide bonds. The van der Waals surface area contributed by atoms with Gasteiger partial charge in [-0.3, -0.25) is 9.59 Å². The summed E-state index contributed by atoms with van der Waals surface area (Å²) in [6.45, 7) is 52.8. The molecule has 12 N–H and O–H groups in total. The summed E-state index contributed by atoms with van der Waals surface area (Å²) in [4.78, 5) is 53.1. The Hall–Kier alpha value is -8.10. The Labute approximate surface area is 597 Å². The number of aliphatic hydroxyl groups is 4. The normalized spacial score (nSPS) is 14.5. The summed E-state index contributed by atoms with van der Waals surface area (Å²) in [6, 6.07) is 44.9. The Morgan fingerprint density at radius 1 is 0.455 bits per heavy atom. The number of aliphatic hydroxyl groups excluding tert-OH is 4. The topological polar surface area (TPSA) is 309 Å². The lowest BCUT2D eigenvalue weighted by molar-refractivity contribution is 0.0685. The third-order valence-electron chi connectivity index (χ3n) is 13.2. The van der Waals surface area contributed by atoms with Gasteiger partial charge in [-0.25, -0.2) is 19.6 Å². The molecule has 18 heteroatoms. The maximum absolute atomic E-state index is 11.8. The van der Waals surface area contributed by atoms with E-state index in [0.717, 1.165) is 45.2 Å². The molecule has 99 heavy (non-hydrogen) atoms. The van der Waals surface area contributed by atoms with Crippen LogP contribution in [0.5, 0.6) is 0 Å². The Morgan fingerprint density at radius 2 is 0.747 bits per heavy atom. The third-order valence-corrected chi connectivity index (χ3v) is 13.2. The molecule has 0 bridgehead atoms. The van der Waals surface area contributed by atoms with Crippen LogP contribution in [0, 0.1) is 41.5 Å². The van der Waals surface area contributed by atoms with Crippen molar-refractivity contribution >= 4 is 35.5 Å². The second-order valence-corrected chi connectivity index (χ2v) is 21.4. The summed E-state index contributed by atoms with van der Waals surface area (Å²) in [5, 5.41) is 57.2. The first-order valence-electron chi connectivity index (χ1n) is 34.9. The highest BCUT2D eigenvalue weighted by atomic mass is 16.5. The quantitative estimate of drug-likeness (QED) is 0.0545. The molecule has 9 unspecified atom stereocenters. The number of ether oxygens (including phenoxy) is 2. The predicted octanol–water partition coefficient (Wildman–Crippen LogP) is 15.9. The van der Waals surface area contributed by atoms with Gasteiger partial charge in [0.1, 0.15) is 12.7 Å². The monoisotopic (exact) mass is 1380 g/mol. The number of nitrogens with one attached hydrogen (secondary N) is 2. The van der Waals surface area contributed by atoms with E-state index in [9.17, 15) is 24.3 Å². The van der Waals surface area contributed by atoms with Gasteiger partial charge in [-0.05, 0) is 174 Å². The molecule has 0 aromatic heterocycles. The molecule has 2 aliphatic heterocycles. The van der Waals surface area contributed by atoms with E-state index in [2.05, 4.69) is 73.4 Å². The molecular formula is C81H132N6O12. The number of aliphatic imine (C=N–C) groups is 2. The van der Waals surface area contributed by atoms with Crippen LogP contribution < -0.4 is 22.1 Å². The number of carbonyl (C=O) groups is 4. The molecule has 558 valence electrons. The van der Waals surface area contributed by atoms with E-state index in [1.807, 2.05) is 176 Å². The number of rotatable bonds is 12. The summed E-state index contributed by atoms with van der Waals surface area (Å²) in [5.41, 5.74) is 20.4. The molecule has 0 radical (unpaired) electrons. The van der Waals surface area contributed by atoms with Gasteiger partial charge in [0, 0.05) is 40.4 Å². The summed E-state index contributed by atoms with van der Waals surface area (Å²) in [7, 11) is 0. The Bertz CT molecular complexity index is 3030. The molecule has 0 saturated carbocycles. The van der Waals surface area contributed by atoms with Crippen LogP contribution in [-0.4, -0.2) is 141 Å². The maximum Gasteiger partial charge on any atom is 0.335 e. The van der Waals surface area contributed by atoms with Crippen molar-refractivity contribution in [3.05, 3.63) is 212 Å². The zero-order valence-electron chi connectivity index (χ0n) is 65.4. The number of aryl methyl sites for hydroxylation is 6. The smallest absolute Gasteiger partial charge is 0.335 e. The van der Waals surface area contributed by atoms with Crippen LogP contribution in [-0.2, 0) is 9.47 Å². The summed E-state index contributed by atoms with van der Waals surface area (Å²) in [6.07, 6.45) is -0.715. The van der Waals surface area contributed by atoms with Crippen LogP contribution in [0.4, 0.5) is 0 Å². The van der Waals surface area contributed by atoms with Gasteiger partial charge in [0.25, 0.3) is 11.8 Å². The number of amides is 2. The van der Waals surface area contributed by atoms with Crippen molar-refractivity contribution in [3.8, 4) is 0 Å². The van der Waals surface area contributed by atoms with Crippen LogP contribution in [0.1, 0.15) is 231 Å². The molecule has 18 nitrogen and oxygen atoms in total. The number of carboxylic acids is 2. The minimum Gasteiger partial charge on any atom is -0.478 e. The number of hydrogen-bond acceptors (Lipinski definition) is 14.